The third kappa shape index (κ3) is 19.4. The van der Waals surface area contributed by atoms with E-state index in [1.807, 2.05) is 18.2 Å². The summed E-state index contributed by atoms with van der Waals surface area (Å²) in [7, 11) is -2.71. The largest absolute Gasteiger partial charge is 0.449 e. The van der Waals surface area contributed by atoms with Crippen LogP contribution in [0.4, 0.5) is 0 Å². The van der Waals surface area contributed by atoms with E-state index in [-0.39, 0.29) is 0 Å². The first kappa shape index (κ1) is 25.1. The summed E-state index contributed by atoms with van der Waals surface area (Å²) in [6.45, 7) is 0. The van der Waals surface area contributed by atoms with Crippen molar-refractivity contribution in [1.82, 2.24) is 0 Å². The molecular formula is C6H28O8Si10. The SMILES string of the molecule is [SiH3]O[SiH2]O[SiH2]O[SiH2]O[SiH2]O[SiH2]O[SiH2]c1ccccc1.[SiH3]O[SiH2]O[SiH3]. The quantitative estimate of drug-likeness (QED) is 0.181. The van der Waals surface area contributed by atoms with Gasteiger partial charge in [0, 0.05) is 0 Å². The molecule has 0 saturated heterocycles. The van der Waals surface area contributed by atoms with E-state index >= 15 is 0 Å². The second kappa shape index (κ2) is 22.1. The smallest absolute Gasteiger partial charge is 0.286 e. The molecule has 0 aliphatic heterocycles. The number of hydrogen-bond donors (Lipinski definition) is 0. The van der Waals surface area contributed by atoms with Crippen LogP contribution in [0.15, 0.2) is 30.3 Å². The lowest BCUT2D eigenvalue weighted by Gasteiger charge is -2.07. The molecule has 0 aliphatic rings. The van der Waals surface area contributed by atoms with Gasteiger partial charge in [-0.2, -0.15) is 0 Å². The molecule has 1 aromatic rings. The fourth-order valence-corrected chi connectivity index (χ4v) is 15.5. The highest BCUT2D eigenvalue weighted by atomic mass is 28.4. The minimum absolute atomic E-state index is 0.444. The molecule has 0 amide bonds. The van der Waals surface area contributed by atoms with Crippen molar-refractivity contribution in [3.8, 4) is 0 Å². The van der Waals surface area contributed by atoms with Crippen LogP contribution in [0.3, 0.4) is 0 Å². The molecule has 0 spiro atoms. The molecule has 24 heavy (non-hydrogen) atoms. The van der Waals surface area contributed by atoms with E-state index in [9.17, 15) is 0 Å². The molecule has 0 heterocycles. The summed E-state index contributed by atoms with van der Waals surface area (Å²) in [6.07, 6.45) is 0. The molecule has 18 heteroatoms. The highest BCUT2D eigenvalue weighted by molar-refractivity contribution is 6.54. The lowest BCUT2D eigenvalue weighted by Crippen LogP contribution is -2.23. The Morgan fingerprint density at radius 2 is 1.00 bits per heavy atom. The van der Waals surface area contributed by atoms with Gasteiger partial charge in [0.15, 0.2) is 9.76 Å². The van der Waals surface area contributed by atoms with Gasteiger partial charge in [-0.05, 0) is 5.19 Å². The lowest BCUT2D eigenvalue weighted by atomic mass is 10.4. The average molecular weight is 509 g/mol. The summed E-state index contributed by atoms with van der Waals surface area (Å²) in [5.74, 6) is 0. The molecule has 0 bridgehead atoms. The number of hydrogen-bond acceptors (Lipinski definition) is 8. The van der Waals surface area contributed by atoms with Crippen LogP contribution in [0.5, 0.6) is 0 Å². The standard InChI is InChI=1S/C6H20O6Si7.H8O2Si3/c13-7-15-9-17-11-19-12-18-10-16-8-14-6-4-2-1-3-5-6;3-1-5-2-4/h1-5H,14-19H2,13H3;5H2,3-4H3. The molecule has 0 unspecified atom stereocenters. The van der Waals surface area contributed by atoms with Gasteiger partial charge in [-0.25, -0.2) is 0 Å². The van der Waals surface area contributed by atoms with Gasteiger partial charge in [0.2, 0.25) is 0 Å². The summed E-state index contributed by atoms with van der Waals surface area (Å²) < 4.78 is 41.7. The minimum atomic E-state index is -0.879. The number of rotatable bonds is 14. The highest BCUT2D eigenvalue weighted by Crippen LogP contribution is 1.82. The summed E-state index contributed by atoms with van der Waals surface area (Å²) in [5, 5.41) is 1.31. The Kier molecular flexibility index (Phi) is 23.1. The maximum Gasteiger partial charge on any atom is 0.286 e. The van der Waals surface area contributed by atoms with E-state index in [0.29, 0.717) is 0 Å². The van der Waals surface area contributed by atoms with Crippen LogP contribution >= 0.6 is 0 Å². The summed E-state index contributed by atoms with van der Waals surface area (Å²) in [4.78, 5) is 0. The van der Waals surface area contributed by atoms with Gasteiger partial charge in [-0.1, -0.05) is 30.3 Å². The van der Waals surface area contributed by atoms with Crippen molar-refractivity contribution in [2.45, 2.75) is 0 Å². The lowest BCUT2D eigenvalue weighted by molar-refractivity contribution is 0.379. The Morgan fingerprint density at radius 3 is 1.46 bits per heavy atom. The molecule has 140 valence electrons. The van der Waals surface area contributed by atoms with Crippen LogP contribution in [-0.4, -0.2) is 101 Å². The third-order valence-corrected chi connectivity index (χ3v) is 12.7. The molecule has 0 aromatic heterocycles. The van der Waals surface area contributed by atoms with Crippen LogP contribution in [-0.2, 0) is 32.9 Å². The second-order valence-electron chi connectivity index (χ2n) is 4.22. The van der Waals surface area contributed by atoms with E-state index in [0.717, 1.165) is 31.5 Å². The minimum Gasteiger partial charge on any atom is -0.449 e. The zero-order valence-corrected chi connectivity index (χ0v) is 30.5. The summed E-state index contributed by atoms with van der Waals surface area (Å²) in [5.41, 5.74) is 0. The number of benzene rings is 1. The first-order valence-corrected chi connectivity index (χ1v) is 17.9. The van der Waals surface area contributed by atoms with E-state index < -0.39 is 69.8 Å². The van der Waals surface area contributed by atoms with Crippen LogP contribution in [0.1, 0.15) is 0 Å². The van der Waals surface area contributed by atoms with Gasteiger partial charge in [-0.3, -0.25) is 0 Å². The van der Waals surface area contributed by atoms with Crippen LogP contribution < -0.4 is 5.19 Å². The zero-order valence-electron chi connectivity index (χ0n) is 14.6. The van der Waals surface area contributed by atoms with E-state index in [2.05, 4.69) is 12.1 Å². The maximum absolute atomic E-state index is 5.64. The highest BCUT2D eigenvalue weighted by Gasteiger charge is 1.95. The molecule has 1 rings (SSSR count). The van der Waals surface area contributed by atoms with Crippen LogP contribution in [0, 0.1) is 0 Å². The first-order chi connectivity index (χ1) is 11.8. The monoisotopic (exact) mass is 508 g/mol. The Hall–Kier alpha value is 1.07. The molecule has 8 nitrogen and oxygen atoms in total. The van der Waals surface area contributed by atoms with Gasteiger partial charge >= 0.3 is 0 Å². The van der Waals surface area contributed by atoms with Crippen molar-refractivity contribution in [1.29, 1.82) is 0 Å². The van der Waals surface area contributed by atoms with Crippen molar-refractivity contribution < 1.29 is 32.9 Å². The van der Waals surface area contributed by atoms with Crippen molar-refractivity contribution in [3.05, 3.63) is 30.3 Å². The van der Waals surface area contributed by atoms with Gasteiger partial charge in [0.25, 0.3) is 60.0 Å². The zero-order chi connectivity index (χ0) is 17.7. The van der Waals surface area contributed by atoms with Gasteiger partial charge in [0.05, 0.1) is 0 Å². The molecule has 0 saturated carbocycles. The molecule has 0 aliphatic carbocycles. The molecule has 0 N–H and O–H groups in total. The third-order valence-electron chi connectivity index (χ3n) is 2.22. The average Bonchev–Trinajstić information content (AvgIpc) is 2.62. The van der Waals surface area contributed by atoms with Gasteiger partial charge < -0.3 is 32.9 Å². The Bertz CT molecular complexity index is 349. The predicted octanol–water partition coefficient (Wildman–Crippen LogP) is -9.65. The normalized spacial score (nSPS) is 14.2. The maximum atomic E-state index is 5.64. The first-order valence-electron chi connectivity index (χ1n) is 7.24. The Morgan fingerprint density at radius 1 is 0.542 bits per heavy atom. The molecule has 0 radical (unpaired) electrons. The van der Waals surface area contributed by atoms with Crippen molar-refractivity contribution in [3.63, 3.8) is 0 Å². The van der Waals surface area contributed by atoms with Gasteiger partial charge in [0.1, 0.15) is 31.5 Å². The van der Waals surface area contributed by atoms with Crippen molar-refractivity contribution in [2.24, 2.45) is 0 Å². The van der Waals surface area contributed by atoms with Crippen LogP contribution in [0.2, 0.25) is 0 Å². The van der Waals surface area contributed by atoms with E-state index in [1.54, 1.807) is 0 Å². The van der Waals surface area contributed by atoms with Crippen LogP contribution in [0.25, 0.3) is 0 Å². The topological polar surface area (TPSA) is 73.8 Å². The fraction of sp³-hybridized carbons (Fsp3) is 0. The Balaban J connectivity index is 0.000000922. The summed E-state index contributed by atoms with van der Waals surface area (Å²) >= 11 is 0. The Labute approximate surface area is 169 Å². The van der Waals surface area contributed by atoms with Crippen molar-refractivity contribution in [2.75, 3.05) is 0 Å². The van der Waals surface area contributed by atoms with Gasteiger partial charge in [-0.15, -0.1) is 0 Å². The molecular weight excluding hydrogens is 481 g/mol. The fourth-order valence-electron chi connectivity index (χ4n) is 1.31. The van der Waals surface area contributed by atoms with E-state index in [4.69, 9.17) is 32.9 Å². The molecule has 1 aromatic carbocycles. The summed E-state index contributed by atoms with van der Waals surface area (Å²) in [6, 6.07) is 10.3. The van der Waals surface area contributed by atoms with Crippen molar-refractivity contribution >= 4 is 106 Å². The predicted molar refractivity (Wildman–Crippen MR) is 124 cm³/mol. The molecule has 0 atom stereocenters. The van der Waals surface area contributed by atoms with E-state index in [1.165, 1.54) is 5.19 Å². The second-order valence-corrected chi connectivity index (χ2v) is 21.8. The molecule has 0 fully saturated rings.